The molecule has 0 aliphatic rings. The van der Waals surface area contributed by atoms with Gasteiger partial charge in [-0.25, -0.2) is 4.39 Å². The Hall–Kier alpha value is -5.15. The third kappa shape index (κ3) is 4.45. The van der Waals surface area contributed by atoms with Crippen molar-refractivity contribution in [2.45, 2.75) is 0 Å². The van der Waals surface area contributed by atoms with Crippen molar-refractivity contribution in [2.75, 3.05) is 0 Å². The second kappa shape index (κ2) is 9.62. The van der Waals surface area contributed by atoms with Crippen molar-refractivity contribution < 1.29 is 4.39 Å². The standard InChI is InChI=1S/C36H23FN2/c37-33-18-16-25(17-19-33)24-6-8-26(9-7-24)30-14-15-31-21-32(23-39-35(31)22-30)27-10-12-28(13-11-27)34-5-1-3-29-4-2-20-38-36(29)34/h1-23H. The number of hydrogen-bond acceptors (Lipinski definition) is 2. The molecule has 2 aromatic heterocycles. The summed E-state index contributed by atoms with van der Waals surface area (Å²) in [6.45, 7) is 0. The molecule has 0 unspecified atom stereocenters. The van der Waals surface area contributed by atoms with E-state index in [0.717, 1.165) is 66.3 Å². The second-order valence-corrected chi connectivity index (χ2v) is 9.67. The van der Waals surface area contributed by atoms with Gasteiger partial charge < -0.3 is 0 Å². The second-order valence-electron chi connectivity index (χ2n) is 9.67. The van der Waals surface area contributed by atoms with Crippen molar-refractivity contribution in [3.05, 3.63) is 146 Å². The van der Waals surface area contributed by atoms with Crippen LogP contribution in [0, 0.1) is 5.82 Å². The highest BCUT2D eigenvalue weighted by atomic mass is 19.1. The summed E-state index contributed by atoms with van der Waals surface area (Å²) in [5.41, 5.74) is 10.7. The fourth-order valence-electron chi connectivity index (χ4n) is 5.14. The Morgan fingerprint density at radius 3 is 1.77 bits per heavy atom. The first-order valence-electron chi connectivity index (χ1n) is 12.9. The quantitative estimate of drug-likeness (QED) is 0.239. The van der Waals surface area contributed by atoms with Crippen LogP contribution in [0.25, 0.3) is 66.3 Å². The zero-order chi connectivity index (χ0) is 26.2. The lowest BCUT2D eigenvalue weighted by molar-refractivity contribution is 0.628. The number of aromatic nitrogens is 2. The molecule has 184 valence electrons. The number of benzene rings is 5. The summed E-state index contributed by atoms with van der Waals surface area (Å²) in [7, 11) is 0. The number of rotatable bonds is 4. The number of para-hydroxylation sites is 1. The molecule has 0 fully saturated rings. The Kier molecular flexibility index (Phi) is 5.68. The van der Waals surface area contributed by atoms with E-state index in [9.17, 15) is 4.39 Å². The summed E-state index contributed by atoms with van der Waals surface area (Å²) in [4.78, 5) is 9.39. The van der Waals surface area contributed by atoms with Crippen molar-refractivity contribution in [3.8, 4) is 44.5 Å². The largest absolute Gasteiger partial charge is 0.256 e. The third-order valence-electron chi connectivity index (χ3n) is 7.24. The van der Waals surface area contributed by atoms with Crippen LogP contribution in [0.15, 0.2) is 140 Å². The molecule has 0 bridgehead atoms. The smallest absolute Gasteiger partial charge is 0.123 e. The molecule has 0 aliphatic carbocycles. The van der Waals surface area contributed by atoms with Crippen LogP contribution in [0.5, 0.6) is 0 Å². The van der Waals surface area contributed by atoms with Crippen LogP contribution >= 0.6 is 0 Å². The predicted octanol–water partition coefficient (Wildman–Crippen LogP) is 9.59. The summed E-state index contributed by atoms with van der Waals surface area (Å²) in [5, 5.41) is 2.24. The third-order valence-corrected chi connectivity index (χ3v) is 7.24. The summed E-state index contributed by atoms with van der Waals surface area (Å²) in [6.07, 6.45) is 3.79. The molecule has 0 radical (unpaired) electrons. The maximum Gasteiger partial charge on any atom is 0.123 e. The molecule has 2 heterocycles. The molecular formula is C36H23FN2. The van der Waals surface area contributed by atoms with Gasteiger partial charge in [-0.3, -0.25) is 9.97 Å². The van der Waals surface area contributed by atoms with Gasteiger partial charge in [-0.2, -0.15) is 0 Å². The number of halogens is 1. The highest BCUT2D eigenvalue weighted by Gasteiger charge is 2.08. The highest BCUT2D eigenvalue weighted by Crippen LogP contribution is 2.31. The van der Waals surface area contributed by atoms with Gasteiger partial charge in [-0.15, -0.1) is 0 Å². The Labute approximate surface area is 226 Å². The minimum atomic E-state index is -0.224. The van der Waals surface area contributed by atoms with Gasteiger partial charge in [0.1, 0.15) is 5.82 Å². The molecule has 0 saturated carbocycles. The van der Waals surface area contributed by atoms with Gasteiger partial charge in [0.25, 0.3) is 0 Å². The molecule has 0 N–H and O–H groups in total. The monoisotopic (exact) mass is 502 g/mol. The first kappa shape index (κ1) is 23.0. The van der Waals surface area contributed by atoms with Crippen molar-refractivity contribution in [1.82, 2.24) is 9.97 Å². The van der Waals surface area contributed by atoms with Crippen LogP contribution in [-0.2, 0) is 0 Å². The fourth-order valence-corrected chi connectivity index (χ4v) is 5.14. The molecule has 0 saturated heterocycles. The van der Waals surface area contributed by atoms with Gasteiger partial charge >= 0.3 is 0 Å². The average molecular weight is 503 g/mol. The summed E-state index contributed by atoms with van der Waals surface area (Å²) in [6, 6.07) is 42.5. The summed E-state index contributed by atoms with van der Waals surface area (Å²) >= 11 is 0. The number of pyridine rings is 2. The van der Waals surface area contributed by atoms with Gasteiger partial charge in [0.15, 0.2) is 0 Å². The van der Waals surface area contributed by atoms with Crippen molar-refractivity contribution in [2.24, 2.45) is 0 Å². The molecule has 5 aromatic carbocycles. The highest BCUT2D eigenvalue weighted by molar-refractivity contribution is 5.94. The molecule has 7 rings (SSSR count). The van der Waals surface area contributed by atoms with E-state index < -0.39 is 0 Å². The zero-order valence-corrected chi connectivity index (χ0v) is 21.1. The minimum Gasteiger partial charge on any atom is -0.256 e. The van der Waals surface area contributed by atoms with E-state index in [-0.39, 0.29) is 5.82 Å². The van der Waals surface area contributed by atoms with Crippen LogP contribution in [-0.4, -0.2) is 9.97 Å². The van der Waals surface area contributed by atoms with Gasteiger partial charge in [0, 0.05) is 34.3 Å². The molecule has 0 spiro atoms. The topological polar surface area (TPSA) is 25.8 Å². The van der Waals surface area contributed by atoms with Gasteiger partial charge in [-0.1, -0.05) is 97.1 Å². The van der Waals surface area contributed by atoms with Crippen LogP contribution in [0.4, 0.5) is 4.39 Å². The van der Waals surface area contributed by atoms with E-state index in [0.29, 0.717) is 0 Å². The maximum absolute atomic E-state index is 13.3. The lowest BCUT2D eigenvalue weighted by Gasteiger charge is -2.09. The van der Waals surface area contributed by atoms with Crippen LogP contribution < -0.4 is 0 Å². The lowest BCUT2D eigenvalue weighted by Crippen LogP contribution is -1.87. The van der Waals surface area contributed by atoms with Gasteiger partial charge in [-0.05, 0) is 63.7 Å². The predicted molar refractivity (Wildman–Crippen MR) is 159 cm³/mol. The molecule has 0 atom stereocenters. The first-order valence-corrected chi connectivity index (χ1v) is 12.9. The Morgan fingerprint density at radius 1 is 0.436 bits per heavy atom. The fraction of sp³-hybridized carbons (Fsp3) is 0. The minimum absolute atomic E-state index is 0.224. The van der Waals surface area contributed by atoms with E-state index in [2.05, 4.69) is 102 Å². The maximum atomic E-state index is 13.3. The number of fused-ring (bicyclic) bond motifs is 2. The van der Waals surface area contributed by atoms with Gasteiger partial charge in [0.2, 0.25) is 0 Å². The zero-order valence-electron chi connectivity index (χ0n) is 21.1. The summed E-state index contributed by atoms with van der Waals surface area (Å²) in [5.74, 6) is -0.224. The molecule has 7 aromatic rings. The first-order chi connectivity index (χ1) is 19.2. The Balaban J connectivity index is 1.15. The molecule has 2 nitrogen and oxygen atoms in total. The molecular weight excluding hydrogens is 479 g/mol. The van der Waals surface area contributed by atoms with Crippen LogP contribution in [0.3, 0.4) is 0 Å². The molecule has 0 amide bonds. The van der Waals surface area contributed by atoms with Crippen molar-refractivity contribution in [1.29, 1.82) is 0 Å². The average Bonchev–Trinajstić information content (AvgIpc) is 3.01. The number of nitrogens with zero attached hydrogens (tertiary/aromatic N) is 2. The van der Waals surface area contributed by atoms with Gasteiger partial charge in [0.05, 0.1) is 11.0 Å². The Bertz CT molecular complexity index is 1940. The SMILES string of the molecule is Fc1ccc(-c2ccc(-c3ccc4cc(-c5ccc(-c6cccc7cccnc67)cc5)cnc4c3)cc2)cc1. The number of hydrogen-bond donors (Lipinski definition) is 0. The van der Waals surface area contributed by atoms with E-state index >= 15 is 0 Å². The van der Waals surface area contributed by atoms with E-state index in [1.54, 1.807) is 12.1 Å². The molecule has 3 heteroatoms. The van der Waals surface area contributed by atoms with Crippen molar-refractivity contribution in [3.63, 3.8) is 0 Å². The van der Waals surface area contributed by atoms with Crippen LogP contribution in [0.2, 0.25) is 0 Å². The molecule has 39 heavy (non-hydrogen) atoms. The lowest BCUT2D eigenvalue weighted by atomic mass is 9.97. The van der Waals surface area contributed by atoms with E-state index in [1.165, 1.54) is 12.1 Å². The van der Waals surface area contributed by atoms with Crippen LogP contribution in [0.1, 0.15) is 0 Å². The molecule has 0 aliphatic heterocycles. The van der Waals surface area contributed by atoms with E-state index in [1.807, 2.05) is 18.5 Å². The van der Waals surface area contributed by atoms with Crippen molar-refractivity contribution >= 4 is 21.8 Å². The summed E-state index contributed by atoms with van der Waals surface area (Å²) < 4.78 is 13.3. The van der Waals surface area contributed by atoms with E-state index in [4.69, 9.17) is 4.98 Å². The Morgan fingerprint density at radius 2 is 1.03 bits per heavy atom. The normalized spacial score (nSPS) is 11.2.